The number of ether oxygens (including phenoxy) is 1. The molecule has 1 atom stereocenters. The zero-order valence-corrected chi connectivity index (χ0v) is 16.9. The number of benzene rings is 2. The number of halogens is 2. The van der Waals surface area contributed by atoms with E-state index in [1.54, 1.807) is 35.2 Å². The van der Waals surface area contributed by atoms with Gasteiger partial charge in [-0.3, -0.25) is 9.59 Å². The highest BCUT2D eigenvalue weighted by atomic mass is 35.5. The number of aromatic nitrogens is 2. The van der Waals surface area contributed by atoms with Gasteiger partial charge in [-0.1, -0.05) is 35.3 Å². The summed E-state index contributed by atoms with van der Waals surface area (Å²) in [5, 5.41) is 4.11. The Bertz CT molecular complexity index is 1120. The third-order valence-electron chi connectivity index (χ3n) is 4.58. The van der Waals surface area contributed by atoms with E-state index in [-0.39, 0.29) is 36.8 Å². The van der Waals surface area contributed by atoms with Gasteiger partial charge < -0.3 is 15.0 Å². The standard InChI is InChI=1S/C20H16Cl2N4O3/c1-11-6-17(27)25-15-4-2-3-5-16(15)26(11)18(28)9-29-20-13-7-12(21)8-14(22)19(13)23-10-24-20/h2-5,7-8,10-11H,6,9H2,1H3,(H,25,27)/t11-/m1/s1. The Kier molecular flexibility index (Phi) is 5.25. The number of nitrogens with zero attached hydrogens (tertiary/aromatic N) is 3. The molecule has 9 heteroatoms. The average molecular weight is 431 g/mol. The lowest BCUT2D eigenvalue weighted by Crippen LogP contribution is -2.41. The highest BCUT2D eigenvalue weighted by Crippen LogP contribution is 2.33. The van der Waals surface area contributed by atoms with E-state index in [2.05, 4.69) is 15.3 Å². The number of fused-ring (bicyclic) bond motifs is 2. The largest absolute Gasteiger partial charge is 0.467 e. The Hall–Kier alpha value is -2.90. The fraction of sp³-hybridized carbons (Fsp3) is 0.200. The quantitative estimate of drug-likeness (QED) is 0.676. The lowest BCUT2D eigenvalue weighted by Gasteiger charge is -2.27. The van der Waals surface area contributed by atoms with E-state index in [1.165, 1.54) is 6.33 Å². The van der Waals surface area contributed by atoms with Gasteiger partial charge in [0.2, 0.25) is 11.8 Å². The molecule has 3 aromatic rings. The van der Waals surface area contributed by atoms with Crippen molar-refractivity contribution < 1.29 is 14.3 Å². The summed E-state index contributed by atoms with van der Waals surface area (Å²) in [6.07, 6.45) is 1.50. The molecule has 1 aliphatic heterocycles. The Morgan fingerprint density at radius 3 is 2.90 bits per heavy atom. The second-order valence-electron chi connectivity index (χ2n) is 6.63. The Labute approximate surface area is 176 Å². The molecule has 0 unspecified atom stereocenters. The number of hydrogen-bond donors (Lipinski definition) is 1. The molecular weight excluding hydrogens is 415 g/mol. The molecule has 4 rings (SSSR count). The maximum Gasteiger partial charge on any atom is 0.265 e. The van der Waals surface area contributed by atoms with E-state index in [9.17, 15) is 9.59 Å². The number of carbonyl (C=O) groups is 2. The Balaban J connectivity index is 1.62. The molecule has 0 aliphatic carbocycles. The first-order valence-electron chi connectivity index (χ1n) is 8.87. The molecule has 0 saturated carbocycles. The number of rotatable bonds is 3. The van der Waals surface area contributed by atoms with Crippen LogP contribution in [0.2, 0.25) is 10.0 Å². The molecule has 2 amide bonds. The normalized spacial score (nSPS) is 16.2. The summed E-state index contributed by atoms with van der Waals surface area (Å²) in [5.74, 6) is -0.244. The van der Waals surface area contributed by atoms with Crippen LogP contribution in [-0.4, -0.2) is 34.4 Å². The van der Waals surface area contributed by atoms with Crippen molar-refractivity contribution in [2.45, 2.75) is 19.4 Å². The van der Waals surface area contributed by atoms with Crippen LogP contribution < -0.4 is 15.0 Å². The van der Waals surface area contributed by atoms with Crippen molar-refractivity contribution in [3.8, 4) is 5.88 Å². The van der Waals surface area contributed by atoms with Gasteiger partial charge in [0.15, 0.2) is 6.61 Å². The molecule has 148 valence electrons. The van der Waals surface area contributed by atoms with E-state index in [0.29, 0.717) is 32.3 Å². The van der Waals surface area contributed by atoms with Gasteiger partial charge in [-0.15, -0.1) is 0 Å². The van der Waals surface area contributed by atoms with Crippen LogP contribution in [0.25, 0.3) is 10.9 Å². The summed E-state index contributed by atoms with van der Waals surface area (Å²) < 4.78 is 5.71. The summed E-state index contributed by atoms with van der Waals surface area (Å²) in [5.41, 5.74) is 1.69. The molecule has 1 aliphatic rings. The third-order valence-corrected chi connectivity index (χ3v) is 5.09. The molecule has 1 aromatic heterocycles. The number of amides is 2. The smallest absolute Gasteiger partial charge is 0.265 e. The van der Waals surface area contributed by atoms with Gasteiger partial charge in [-0.25, -0.2) is 9.97 Å². The number of hydrogen-bond acceptors (Lipinski definition) is 5. The monoisotopic (exact) mass is 430 g/mol. The van der Waals surface area contributed by atoms with Gasteiger partial charge in [0, 0.05) is 17.5 Å². The van der Waals surface area contributed by atoms with Crippen molar-refractivity contribution in [2.24, 2.45) is 0 Å². The van der Waals surface area contributed by atoms with Gasteiger partial charge in [0.1, 0.15) is 6.33 Å². The van der Waals surface area contributed by atoms with Crippen LogP contribution in [0.3, 0.4) is 0 Å². The molecule has 1 N–H and O–H groups in total. The number of carbonyl (C=O) groups excluding carboxylic acids is 2. The van der Waals surface area contributed by atoms with Crippen LogP contribution in [-0.2, 0) is 9.59 Å². The fourth-order valence-corrected chi connectivity index (χ4v) is 3.89. The third kappa shape index (κ3) is 3.83. The lowest BCUT2D eigenvalue weighted by molar-refractivity contribution is -0.121. The zero-order chi connectivity index (χ0) is 20.5. The van der Waals surface area contributed by atoms with Gasteiger partial charge >= 0.3 is 0 Å². The van der Waals surface area contributed by atoms with Crippen molar-refractivity contribution in [3.63, 3.8) is 0 Å². The fourth-order valence-electron chi connectivity index (χ4n) is 3.35. The van der Waals surface area contributed by atoms with Gasteiger partial charge in [-0.2, -0.15) is 0 Å². The molecule has 2 heterocycles. The van der Waals surface area contributed by atoms with E-state index in [4.69, 9.17) is 27.9 Å². The minimum absolute atomic E-state index is 0.146. The highest BCUT2D eigenvalue weighted by molar-refractivity contribution is 6.38. The molecule has 0 bridgehead atoms. The summed E-state index contributed by atoms with van der Waals surface area (Å²) in [7, 11) is 0. The predicted molar refractivity (Wildman–Crippen MR) is 112 cm³/mol. The maximum atomic E-state index is 13.0. The molecule has 7 nitrogen and oxygen atoms in total. The minimum Gasteiger partial charge on any atom is -0.467 e. The molecular formula is C20H16Cl2N4O3. The summed E-state index contributed by atoms with van der Waals surface area (Å²) in [4.78, 5) is 34.9. The SMILES string of the molecule is C[C@@H]1CC(=O)Nc2ccccc2N1C(=O)COc1ncnc2c(Cl)cc(Cl)cc12. The first kappa shape index (κ1) is 19.4. The second-order valence-corrected chi connectivity index (χ2v) is 7.48. The molecule has 0 fully saturated rings. The van der Waals surface area contributed by atoms with Crippen LogP contribution in [0.1, 0.15) is 13.3 Å². The predicted octanol–water partition coefficient (Wildman–Crippen LogP) is 4.08. The second kappa shape index (κ2) is 7.85. The van der Waals surface area contributed by atoms with E-state index >= 15 is 0 Å². The van der Waals surface area contributed by atoms with Gasteiger partial charge in [0.05, 0.1) is 27.3 Å². The number of para-hydroxylation sites is 2. The van der Waals surface area contributed by atoms with Crippen molar-refractivity contribution in [1.29, 1.82) is 0 Å². The van der Waals surface area contributed by atoms with Crippen LogP contribution in [0.4, 0.5) is 11.4 Å². The lowest BCUT2D eigenvalue weighted by atomic mass is 10.1. The van der Waals surface area contributed by atoms with E-state index in [0.717, 1.165) is 0 Å². The van der Waals surface area contributed by atoms with Crippen LogP contribution in [0.15, 0.2) is 42.7 Å². The maximum absolute atomic E-state index is 13.0. The highest BCUT2D eigenvalue weighted by Gasteiger charge is 2.30. The zero-order valence-electron chi connectivity index (χ0n) is 15.4. The molecule has 0 saturated heterocycles. The van der Waals surface area contributed by atoms with Crippen LogP contribution in [0, 0.1) is 0 Å². The summed E-state index contributed by atoms with van der Waals surface area (Å²) >= 11 is 12.3. The topological polar surface area (TPSA) is 84.4 Å². The van der Waals surface area contributed by atoms with Gasteiger partial charge in [0.25, 0.3) is 5.91 Å². The Morgan fingerprint density at radius 1 is 1.28 bits per heavy atom. The minimum atomic E-state index is -0.333. The van der Waals surface area contributed by atoms with Crippen LogP contribution >= 0.6 is 23.2 Å². The summed E-state index contributed by atoms with van der Waals surface area (Å²) in [6.45, 7) is 1.54. The number of anilines is 2. The first-order chi connectivity index (χ1) is 13.9. The molecule has 0 radical (unpaired) electrons. The number of nitrogens with one attached hydrogen (secondary N) is 1. The Morgan fingerprint density at radius 2 is 2.07 bits per heavy atom. The van der Waals surface area contributed by atoms with Crippen molar-refractivity contribution in [2.75, 3.05) is 16.8 Å². The average Bonchev–Trinajstić information content (AvgIpc) is 2.80. The van der Waals surface area contributed by atoms with Crippen LogP contribution in [0.5, 0.6) is 5.88 Å². The summed E-state index contributed by atoms with van der Waals surface area (Å²) in [6, 6.07) is 10.0. The van der Waals surface area contributed by atoms with Crippen molar-refractivity contribution >= 4 is 57.3 Å². The first-order valence-corrected chi connectivity index (χ1v) is 9.63. The van der Waals surface area contributed by atoms with Gasteiger partial charge in [-0.05, 0) is 31.2 Å². The molecule has 29 heavy (non-hydrogen) atoms. The van der Waals surface area contributed by atoms with Crippen molar-refractivity contribution in [3.05, 3.63) is 52.8 Å². The molecule has 2 aromatic carbocycles. The molecule has 0 spiro atoms. The van der Waals surface area contributed by atoms with Crippen molar-refractivity contribution in [1.82, 2.24) is 9.97 Å². The van der Waals surface area contributed by atoms with E-state index < -0.39 is 0 Å². The van der Waals surface area contributed by atoms with E-state index in [1.807, 2.05) is 13.0 Å².